The first-order valence-electron chi connectivity index (χ1n) is 10.9. The number of methoxy groups -OCH3 is 2. The van der Waals surface area contributed by atoms with E-state index in [0.717, 1.165) is 25.0 Å². The number of carbonyl (C=O) groups excluding carboxylic acids is 1. The Labute approximate surface area is 206 Å². The van der Waals surface area contributed by atoms with E-state index >= 15 is 0 Å². The summed E-state index contributed by atoms with van der Waals surface area (Å²) in [4.78, 5) is 30.7. The first-order valence-corrected chi connectivity index (χ1v) is 12.3. The maximum Gasteiger partial charge on any atom is 0.262 e. The minimum atomic E-state index is -0.233. The van der Waals surface area contributed by atoms with Crippen LogP contribution < -0.4 is 20.3 Å². The first-order chi connectivity index (χ1) is 16.5. The monoisotopic (exact) mass is 503 g/mol. The molecular weight excluding hydrogens is 478 g/mol. The quantitative estimate of drug-likeness (QED) is 0.353. The van der Waals surface area contributed by atoms with Gasteiger partial charge in [0.15, 0.2) is 16.7 Å². The highest BCUT2D eigenvalue weighted by Crippen LogP contribution is 2.31. The number of nitrogens with zero attached hydrogens (tertiary/aromatic N) is 2. The van der Waals surface area contributed by atoms with Gasteiger partial charge in [-0.1, -0.05) is 35.5 Å². The van der Waals surface area contributed by atoms with Crippen LogP contribution in [-0.2, 0) is 16.1 Å². The molecule has 0 bridgehead atoms. The molecule has 1 saturated heterocycles. The molecule has 0 radical (unpaired) electrons. The Morgan fingerprint density at radius 1 is 1.24 bits per heavy atom. The van der Waals surface area contributed by atoms with E-state index < -0.39 is 0 Å². The SMILES string of the molecule is COc1cc2nc(SCC(=O)NC[C@H]3CCCO3)n(Cc3ccc(Cl)cc3)c(=O)c2cc1OC. The van der Waals surface area contributed by atoms with E-state index in [-0.39, 0.29) is 29.9 Å². The van der Waals surface area contributed by atoms with Gasteiger partial charge in [0.25, 0.3) is 5.56 Å². The number of fused-ring (bicyclic) bond motifs is 1. The molecule has 1 fully saturated rings. The lowest BCUT2D eigenvalue weighted by molar-refractivity contribution is -0.119. The molecule has 1 aromatic heterocycles. The van der Waals surface area contributed by atoms with Crippen molar-refractivity contribution in [3.8, 4) is 11.5 Å². The smallest absolute Gasteiger partial charge is 0.262 e. The molecular formula is C24H26ClN3O5S. The van der Waals surface area contributed by atoms with Crippen molar-refractivity contribution in [3.63, 3.8) is 0 Å². The minimum Gasteiger partial charge on any atom is -0.493 e. The van der Waals surface area contributed by atoms with E-state index in [1.165, 1.54) is 26.0 Å². The van der Waals surface area contributed by atoms with Gasteiger partial charge >= 0.3 is 0 Å². The van der Waals surface area contributed by atoms with Gasteiger partial charge in [-0.3, -0.25) is 14.2 Å². The number of amides is 1. The molecule has 0 saturated carbocycles. The van der Waals surface area contributed by atoms with Crippen LogP contribution in [0, 0.1) is 0 Å². The van der Waals surface area contributed by atoms with Crippen LogP contribution in [0.1, 0.15) is 18.4 Å². The van der Waals surface area contributed by atoms with Crippen molar-refractivity contribution in [3.05, 3.63) is 57.3 Å². The zero-order valence-corrected chi connectivity index (χ0v) is 20.6. The second-order valence-electron chi connectivity index (χ2n) is 7.86. The van der Waals surface area contributed by atoms with Crippen LogP contribution in [-0.4, -0.2) is 54.7 Å². The van der Waals surface area contributed by atoms with E-state index in [1.807, 2.05) is 12.1 Å². The van der Waals surface area contributed by atoms with Gasteiger partial charge in [0, 0.05) is 24.2 Å². The van der Waals surface area contributed by atoms with Gasteiger partial charge in [-0.25, -0.2) is 4.98 Å². The molecule has 10 heteroatoms. The molecule has 0 unspecified atom stereocenters. The van der Waals surface area contributed by atoms with Crippen molar-refractivity contribution in [2.45, 2.75) is 30.6 Å². The lowest BCUT2D eigenvalue weighted by atomic mass is 10.2. The number of ether oxygens (including phenoxy) is 3. The van der Waals surface area contributed by atoms with Crippen LogP contribution >= 0.6 is 23.4 Å². The van der Waals surface area contributed by atoms with Gasteiger partial charge in [0.2, 0.25) is 5.91 Å². The standard InChI is InChI=1S/C24H26ClN3O5S/c1-31-20-10-18-19(11-21(20)32-2)27-24(34-14-22(29)26-12-17-4-3-9-33-17)28(23(18)30)13-15-5-7-16(25)8-6-15/h5-8,10-11,17H,3-4,9,12-14H2,1-2H3,(H,26,29)/t17-/m1/s1. The number of aromatic nitrogens is 2. The van der Waals surface area contributed by atoms with Gasteiger partial charge in [0.1, 0.15) is 0 Å². The largest absolute Gasteiger partial charge is 0.493 e. The molecule has 3 aromatic rings. The number of nitrogens with one attached hydrogen (secondary N) is 1. The maximum absolute atomic E-state index is 13.5. The normalized spacial score (nSPS) is 15.4. The van der Waals surface area contributed by atoms with E-state index in [1.54, 1.807) is 28.8 Å². The molecule has 8 nitrogen and oxygen atoms in total. The average Bonchev–Trinajstić information content (AvgIpc) is 3.37. The Hall–Kier alpha value is -2.75. The van der Waals surface area contributed by atoms with Gasteiger partial charge in [-0.15, -0.1) is 0 Å². The third kappa shape index (κ3) is 5.65. The summed E-state index contributed by atoms with van der Waals surface area (Å²) in [6.07, 6.45) is 2.03. The topological polar surface area (TPSA) is 91.7 Å². The van der Waals surface area contributed by atoms with Crippen molar-refractivity contribution in [1.29, 1.82) is 0 Å². The third-order valence-electron chi connectivity index (χ3n) is 5.56. The Morgan fingerprint density at radius 3 is 2.65 bits per heavy atom. The summed E-state index contributed by atoms with van der Waals surface area (Å²) < 4.78 is 17.9. The molecule has 34 heavy (non-hydrogen) atoms. The van der Waals surface area contributed by atoms with Gasteiger partial charge in [-0.05, 0) is 36.6 Å². The molecule has 1 atom stereocenters. The highest BCUT2D eigenvalue weighted by atomic mass is 35.5. The Bertz CT molecular complexity index is 1230. The molecule has 180 valence electrons. The van der Waals surface area contributed by atoms with Crippen LogP contribution in [0.2, 0.25) is 5.02 Å². The third-order valence-corrected chi connectivity index (χ3v) is 6.79. The first kappa shape index (κ1) is 24.4. The molecule has 1 aliphatic rings. The summed E-state index contributed by atoms with van der Waals surface area (Å²) in [6.45, 7) is 1.51. The second-order valence-corrected chi connectivity index (χ2v) is 9.24. The lowest BCUT2D eigenvalue weighted by Crippen LogP contribution is -2.33. The highest BCUT2D eigenvalue weighted by Gasteiger charge is 2.19. The summed E-state index contributed by atoms with van der Waals surface area (Å²) >= 11 is 7.23. The predicted molar refractivity (Wildman–Crippen MR) is 132 cm³/mol. The van der Waals surface area contributed by atoms with E-state index in [9.17, 15) is 9.59 Å². The van der Waals surface area contributed by atoms with Gasteiger partial charge < -0.3 is 19.5 Å². The fourth-order valence-electron chi connectivity index (χ4n) is 3.76. The molecule has 0 aliphatic carbocycles. The van der Waals surface area contributed by atoms with Crippen LogP contribution in [0.3, 0.4) is 0 Å². The molecule has 2 heterocycles. The van der Waals surface area contributed by atoms with E-state index in [2.05, 4.69) is 5.32 Å². The Balaban J connectivity index is 1.64. The lowest BCUT2D eigenvalue weighted by Gasteiger charge is -2.15. The summed E-state index contributed by atoms with van der Waals surface area (Å²) in [5.74, 6) is 0.905. The summed E-state index contributed by atoms with van der Waals surface area (Å²) in [7, 11) is 3.04. The second kappa shape index (κ2) is 11.1. The van der Waals surface area contributed by atoms with Crippen molar-refractivity contribution in [2.24, 2.45) is 0 Å². The fraction of sp³-hybridized carbons (Fsp3) is 0.375. The number of hydrogen-bond acceptors (Lipinski definition) is 7. The molecule has 1 amide bonds. The van der Waals surface area contributed by atoms with Crippen molar-refractivity contribution in [1.82, 2.24) is 14.9 Å². The maximum atomic E-state index is 13.5. The van der Waals surface area contributed by atoms with E-state index in [0.29, 0.717) is 39.1 Å². The molecule has 1 aliphatic heterocycles. The zero-order chi connectivity index (χ0) is 24.1. The van der Waals surface area contributed by atoms with Gasteiger partial charge in [-0.2, -0.15) is 0 Å². The number of halogens is 1. The van der Waals surface area contributed by atoms with Crippen molar-refractivity contribution in [2.75, 3.05) is 33.1 Å². The number of rotatable bonds is 9. The number of benzene rings is 2. The highest BCUT2D eigenvalue weighted by molar-refractivity contribution is 7.99. The number of carbonyl (C=O) groups is 1. The molecule has 2 aromatic carbocycles. The minimum absolute atomic E-state index is 0.0678. The molecule has 1 N–H and O–H groups in total. The van der Waals surface area contributed by atoms with Crippen LogP contribution in [0.5, 0.6) is 11.5 Å². The number of hydrogen-bond donors (Lipinski definition) is 1. The fourth-order valence-corrected chi connectivity index (χ4v) is 4.72. The van der Waals surface area contributed by atoms with Crippen molar-refractivity contribution >= 4 is 40.2 Å². The average molecular weight is 504 g/mol. The van der Waals surface area contributed by atoms with Gasteiger partial charge in [0.05, 0.1) is 43.5 Å². The van der Waals surface area contributed by atoms with E-state index in [4.69, 9.17) is 30.8 Å². The number of thioether (sulfide) groups is 1. The molecule has 4 rings (SSSR count). The summed E-state index contributed by atoms with van der Waals surface area (Å²) in [5, 5.41) is 4.36. The molecule has 0 spiro atoms. The predicted octanol–water partition coefficient (Wildman–Crippen LogP) is 3.50. The van der Waals surface area contributed by atoms with Crippen LogP contribution in [0.15, 0.2) is 46.3 Å². The van der Waals surface area contributed by atoms with Crippen molar-refractivity contribution < 1.29 is 19.0 Å². The summed E-state index contributed by atoms with van der Waals surface area (Å²) in [6, 6.07) is 10.6. The van der Waals surface area contributed by atoms with Crippen LogP contribution in [0.4, 0.5) is 0 Å². The Kier molecular flexibility index (Phi) is 7.97. The Morgan fingerprint density at radius 2 is 1.97 bits per heavy atom. The zero-order valence-electron chi connectivity index (χ0n) is 19.0. The van der Waals surface area contributed by atoms with Crippen LogP contribution in [0.25, 0.3) is 10.9 Å². The summed E-state index contributed by atoms with van der Waals surface area (Å²) in [5.41, 5.74) is 1.12.